The molecule has 1 amide bonds. The highest BCUT2D eigenvalue weighted by Crippen LogP contribution is 2.22. The summed E-state index contributed by atoms with van der Waals surface area (Å²) in [5.41, 5.74) is 2.71. The number of aromatic nitrogens is 1. The lowest BCUT2D eigenvalue weighted by atomic mass is 10.1. The van der Waals surface area contributed by atoms with Crippen LogP contribution in [0.15, 0.2) is 88.4 Å². The van der Waals surface area contributed by atoms with E-state index in [-0.39, 0.29) is 17.2 Å². The zero-order chi connectivity index (χ0) is 21.1. The average Bonchev–Trinajstić information content (AvgIpc) is 3.13. The maximum Gasteiger partial charge on any atom is 0.261 e. The lowest BCUT2D eigenvalue weighted by Gasteiger charge is -2.10. The number of carbonyl (C=O) groups excluding carboxylic acids is 1. The second kappa shape index (κ2) is 8.33. The van der Waals surface area contributed by atoms with Gasteiger partial charge in [-0.1, -0.05) is 40.2 Å². The Morgan fingerprint density at radius 3 is 2.50 bits per heavy atom. The Morgan fingerprint density at radius 1 is 0.933 bits per heavy atom. The van der Waals surface area contributed by atoms with E-state index in [4.69, 9.17) is 0 Å². The molecule has 6 nitrogen and oxygen atoms in total. The van der Waals surface area contributed by atoms with Gasteiger partial charge in [-0.2, -0.15) is 0 Å². The van der Waals surface area contributed by atoms with Gasteiger partial charge in [-0.15, -0.1) is 0 Å². The first-order valence-corrected chi connectivity index (χ1v) is 11.4. The molecule has 4 aromatic rings. The molecule has 152 valence electrons. The second-order valence-corrected chi connectivity index (χ2v) is 9.32. The van der Waals surface area contributed by atoms with Crippen molar-refractivity contribution in [2.75, 3.05) is 10.0 Å². The number of amides is 1. The van der Waals surface area contributed by atoms with Crippen molar-refractivity contribution < 1.29 is 13.2 Å². The Balaban J connectivity index is 1.48. The van der Waals surface area contributed by atoms with E-state index in [0.717, 1.165) is 20.9 Å². The van der Waals surface area contributed by atoms with Crippen LogP contribution in [0.4, 0.5) is 11.4 Å². The maximum atomic E-state index is 12.7. The zero-order valence-corrected chi connectivity index (χ0v) is 18.1. The van der Waals surface area contributed by atoms with Crippen LogP contribution >= 0.6 is 15.9 Å². The molecule has 3 N–H and O–H groups in total. The fourth-order valence-electron chi connectivity index (χ4n) is 3.13. The molecule has 0 saturated heterocycles. The minimum absolute atomic E-state index is 0.0651. The van der Waals surface area contributed by atoms with Crippen molar-refractivity contribution in [3.05, 3.63) is 89.0 Å². The molecule has 0 radical (unpaired) electrons. The number of rotatable bonds is 6. The number of hydrogen-bond acceptors (Lipinski definition) is 3. The summed E-state index contributed by atoms with van der Waals surface area (Å²) in [5.74, 6) is -0.227. The SMILES string of the molecule is O=C(Cc1c[nH]c2ccccc12)Nc1cccc(S(=O)(=O)Nc2ccc(Br)cc2)c1. The molecule has 4 rings (SSSR count). The van der Waals surface area contributed by atoms with Gasteiger partial charge < -0.3 is 10.3 Å². The van der Waals surface area contributed by atoms with E-state index in [1.54, 1.807) is 36.4 Å². The Bertz CT molecular complexity index is 1310. The standard InChI is InChI=1S/C22H18BrN3O3S/c23-16-8-10-17(11-9-16)26-30(28,29)19-5-3-4-18(13-19)25-22(27)12-15-14-24-21-7-2-1-6-20(15)21/h1-11,13-14,24,26H,12H2,(H,25,27). The lowest BCUT2D eigenvalue weighted by Crippen LogP contribution is -2.16. The molecule has 8 heteroatoms. The Kier molecular flexibility index (Phi) is 5.61. The number of halogens is 1. The number of anilines is 2. The van der Waals surface area contributed by atoms with Gasteiger partial charge in [-0.3, -0.25) is 9.52 Å². The molecule has 1 heterocycles. The molecular formula is C22H18BrN3O3S. The second-order valence-electron chi connectivity index (χ2n) is 6.72. The van der Waals surface area contributed by atoms with Gasteiger partial charge in [0.1, 0.15) is 0 Å². The van der Waals surface area contributed by atoms with Crippen LogP contribution in [0.3, 0.4) is 0 Å². The van der Waals surface area contributed by atoms with Crippen LogP contribution in [0.2, 0.25) is 0 Å². The molecule has 0 spiro atoms. The van der Waals surface area contributed by atoms with E-state index < -0.39 is 10.0 Å². The van der Waals surface area contributed by atoms with Crippen molar-refractivity contribution in [3.63, 3.8) is 0 Å². The van der Waals surface area contributed by atoms with Gasteiger partial charge in [0.25, 0.3) is 10.0 Å². The third kappa shape index (κ3) is 4.55. The van der Waals surface area contributed by atoms with Gasteiger partial charge in [0, 0.05) is 32.9 Å². The van der Waals surface area contributed by atoms with Gasteiger partial charge in [-0.25, -0.2) is 8.42 Å². The van der Waals surface area contributed by atoms with E-state index in [1.807, 2.05) is 30.5 Å². The first-order chi connectivity index (χ1) is 14.4. The van der Waals surface area contributed by atoms with Crippen molar-refractivity contribution in [2.24, 2.45) is 0 Å². The van der Waals surface area contributed by atoms with E-state index in [1.165, 1.54) is 12.1 Å². The Labute approximate surface area is 182 Å². The Morgan fingerprint density at radius 2 is 1.70 bits per heavy atom. The third-order valence-electron chi connectivity index (χ3n) is 4.55. The monoisotopic (exact) mass is 483 g/mol. The normalized spacial score (nSPS) is 11.4. The predicted octanol–water partition coefficient (Wildman–Crippen LogP) is 4.91. The summed E-state index contributed by atoms with van der Waals surface area (Å²) in [5, 5.41) is 3.77. The number of H-pyrrole nitrogens is 1. The van der Waals surface area contributed by atoms with Crippen LogP contribution in [0.5, 0.6) is 0 Å². The number of sulfonamides is 1. The van der Waals surface area contributed by atoms with Crippen molar-refractivity contribution in [1.29, 1.82) is 0 Å². The molecule has 0 aliphatic carbocycles. The summed E-state index contributed by atoms with van der Waals surface area (Å²) < 4.78 is 28.8. The molecule has 3 aromatic carbocycles. The van der Waals surface area contributed by atoms with Crippen molar-refractivity contribution in [3.8, 4) is 0 Å². The zero-order valence-electron chi connectivity index (χ0n) is 15.7. The van der Waals surface area contributed by atoms with Crippen LogP contribution < -0.4 is 10.0 Å². The summed E-state index contributed by atoms with van der Waals surface area (Å²) in [7, 11) is -3.78. The highest BCUT2D eigenvalue weighted by molar-refractivity contribution is 9.10. The first kappa shape index (κ1) is 20.2. The van der Waals surface area contributed by atoms with Crippen molar-refractivity contribution >= 4 is 54.1 Å². The summed E-state index contributed by atoms with van der Waals surface area (Å²) in [6.45, 7) is 0. The van der Waals surface area contributed by atoms with Gasteiger partial charge >= 0.3 is 0 Å². The van der Waals surface area contributed by atoms with Crippen LogP contribution in [0.25, 0.3) is 10.9 Å². The van der Waals surface area contributed by atoms with E-state index in [9.17, 15) is 13.2 Å². The van der Waals surface area contributed by atoms with Crippen LogP contribution in [-0.4, -0.2) is 19.3 Å². The molecule has 0 unspecified atom stereocenters. The van der Waals surface area contributed by atoms with Crippen molar-refractivity contribution in [1.82, 2.24) is 4.98 Å². The average molecular weight is 484 g/mol. The van der Waals surface area contributed by atoms with Gasteiger partial charge in [0.15, 0.2) is 0 Å². The maximum absolute atomic E-state index is 12.7. The number of para-hydroxylation sites is 1. The molecule has 0 fully saturated rings. The summed E-state index contributed by atoms with van der Waals surface area (Å²) in [6, 6.07) is 20.7. The largest absolute Gasteiger partial charge is 0.361 e. The minimum atomic E-state index is -3.78. The van der Waals surface area contributed by atoms with E-state index >= 15 is 0 Å². The number of fused-ring (bicyclic) bond motifs is 1. The summed E-state index contributed by atoms with van der Waals surface area (Å²) >= 11 is 3.32. The highest BCUT2D eigenvalue weighted by atomic mass is 79.9. The molecule has 0 saturated carbocycles. The van der Waals surface area contributed by atoms with Gasteiger partial charge in [0.2, 0.25) is 5.91 Å². The van der Waals surface area contributed by atoms with Gasteiger partial charge in [-0.05, 0) is 54.1 Å². The quantitative estimate of drug-likeness (QED) is 0.363. The highest BCUT2D eigenvalue weighted by Gasteiger charge is 2.16. The molecule has 30 heavy (non-hydrogen) atoms. The molecule has 0 aliphatic rings. The van der Waals surface area contributed by atoms with Crippen LogP contribution in [0, 0.1) is 0 Å². The summed E-state index contributed by atoms with van der Waals surface area (Å²) in [6.07, 6.45) is 1.99. The Hall–Kier alpha value is -3.10. The van der Waals surface area contributed by atoms with Gasteiger partial charge in [0.05, 0.1) is 11.3 Å². The number of carbonyl (C=O) groups is 1. The fourth-order valence-corrected chi connectivity index (χ4v) is 4.50. The molecule has 0 aliphatic heterocycles. The third-order valence-corrected chi connectivity index (χ3v) is 6.46. The van der Waals surface area contributed by atoms with E-state index in [2.05, 4.69) is 31.0 Å². The van der Waals surface area contributed by atoms with Crippen LogP contribution in [-0.2, 0) is 21.2 Å². The number of hydrogen-bond donors (Lipinski definition) is 3. The number of aromatic amines is 1. The number of benzene rings is 3. The van der Waals surface area contributed by atoms with Crippen LogP contribution in [0.1, 0.15) is 5.56 Å². The van der Waals surface area contributed by atoms with E-state index in [0.29, 0.717) is 11.4 Å². The first-order valence-electron chi connectivity index (χ1n) is 9.14. The molecular weight excluding hydrogens is 466 g/mol. The molecule has 1 aromatic heterocycles. The topological polar surface area (TPSA) is 91.1 Å². The minimum Gasteiger partial charge on any atom is -0.361 e. The molecule has 0 bridgehead atoms. The smallest absolute Gasteiger partial charge is 0.261 e. The fraction of sp³-hybridized carbons (Fsp3) is 0.0455. The predicted molar refractivity (Wildman–Crippen MR) is 122 cm³/mol. The summed E-state index contributed by atoms with van der Waals surface area (Å²) in [4.78, 5) is 15.7. The number of nitrogens with one attached hydrogen (secondary N) is 3. The molecule has 0 atom stereocenters. The van der Waals surface area contributed by atoms with Crippen molar-refractivity contribution in [2.45, 2.75) is 11.3 Å². The lowest BCUT2D eigenvalue weighted by molar-refractivity contribution is -0.115.